The second-order valence-electron chi connectivity index (χ2n) is 6.21. The van der Waals surface area contributed by atoms with Gasteiger partial charge in [0.1, 0.15) is 5.75 Å². The Morgan fingerprint density at radius 3 is 2.79 bits per heavy atom. The molecule has 0 spiro atoms. The van der Waals surface area contributed by atoms with E-state index in [-0.39, 0.29) is 47.9 Å². The van der Waals surface area contributed by atoms with Crippen LogP contribution in [0.25, 0.3) is 0 Å². The van der Waals surface area contributed by atoms with Crippen LogP contribution in [0.1, 0.15) is 18.7 Å². The highest BCUT2D eigenvalue weighted by Gasteiger charge is 2.17. The van der Waals surface area contributed by atoms with Crippen molar-refractivity contribution < 1.29 is 23.5 Å². The molecule has 9 nitrogen and oxygen atoms in total. The maximum atomic E-state index is 11.8. The van der Waals surface area contributed by atoms with Crippen LogP contribution in [0.2, 0.25) is 5.02 Å². The van der Waals surface area contributed by atoms with Crippen LogP contribution in [-0.2, 0) is 20.9 Å². The second-order valence-corrected chi connectivity index (χ2v) is 7.57. The van der Waals surface area contributed by atoms with Crippen molar-refractivity contribution in [2.45, 2.75) is 30.7 Å². The smallest absolute Gasteiger partial charge is 0.277 e. The molecule has 1 fully saturated rings. The third kappa shape index (κ3) is 7.56. The lowest BCUT2D eigenvalue weighted by molar-refractivity contribution is -0.123. The van der Waals surface area contributed by atoms with Gasteiger partial charge in [0.2, 0.25) is 11.8 Å². The summed E-state index contributed by atoms with van der Waals surface area (Å²) in [5.74, 6) is 0.486. The number of carbonyl (C=O) groups excluding carboxylic acids is 2. The molecule has 2 amide bonds. The largest absolute Gasteiger partial charge is 0.484 e. The maximum Gasteiger partial charge on any atom is 0.277 e. The summed E-state index contributed by atoms with van der Waals surface area (Å²) in [7, 11) is 0. The summed E-state index contributed by atoms with van der Waals surface area (Å²) in [6, 6.07) is 6.70. The van der Waals surface area contributed by atoms with Crippen molar-refractivity contribution in [3.05, 3.63) is 35.2 Å². The zero-order chi connectivity index (χ0) is 20.5. The van der Waals surface area contributed by atoms with Gasteiger partial charge in [0.25, 0.3) is 11.1 Å². The average Bonchev–Trinajstić information content (AvgIpc) is 3.40. The zero-order valence-corrected chi connectivity index (χ0v) is 17.1. The van der Waals surface area contributed by atoms with Gasteiger partial charge in [-0.2, -0.15) is 0 Å². The monoisotopic (exact) mass is 440 g/mol. The molecule has 0 aliphatic carbocycles. The van der Waals surface area contributed by atoms with Crippen molar-refractivity contribution in [1.82, 2.24) is 20.8 Å². The summed E-state index contributed by atoms with van der Waals surface area (Å²) in [5, 5.41) is 14.0. The number of carbonyl (C=O) groups is 2. The Morgan fingerprint density at radius 1 is 1.21 bits per heavy atom. The highest BCUT2D eigenvalue weighted by atomic mass is 35.5. The van der Waals surface area contributed by atoms with Crippen molar-refractivity contribution >= 4 is 35.2 Å². The number of rotatable bonds is 10. The Morgan fingerprint density at radius 2 is 2.03 bits per heavy atom. The fourth-order valence-corrected chi connectivity index (χ4v) is 3.22. The first-order valence-corrected chi connectivity index (χ1v) is 10.4. The quantitative estimate of drug-likeness (QED) is 0.537. The number of halogens is 1. The molecule has 0 saturated carbocycles. The number of nitrogens with zero attached hydrogens (tertiary/aromatic N) is 2. The Hall–Kier alpha value is -2.30. The molecule has 11 heteroatoms. The fraction of sp³-hybridized carbons (Fsp3) is 0.444. The first-order valence-electron chi connectivity index (χ1n) is 9.07. The molecule has 1 aliphatic heterocycles. The number of hydrogen-bond acceptors (Lipinski definition) is 8. The van der Waals surface area contributed by atoms with Gasteiger partial charge in [-0.1, -0.05) is 23.4 Å². The minimum absolute atomic E-state index is 0.0710. The average molecular weight is 441 g/mol. The summed E-state index contributed by atoms with van der Waals surface area (Å²) in [6.07, 6.45) is 2.10. The molecular formula is C18H21ClN4O5S. The fourth-order valence-electron chi connectivity index (χ4n) is 2.48. The molecule has 0 radical (unpaired) electrons. The third-order valence-electron chi connectivity index (χ3n) is 3.95. The molecular weight excluding hydrogens is 420 g/mol. The molecule has 29 heavy (non-hydrogen) atoms. The molecule has 0 unspecified atom stereocenters. The lowest BCUT2D eigenvalue weighted by Crippen LogP contribution is -2.32. The van der Waals surface area contributed by atoms with E-state index in [2.05, 4.69) is 20.8 Å². The number of nitrogens with one attached hydrogen (secondary N) is 2. The van der Waals surface area contributed by atoms with E-state index in [1.54, 1.807) is 24.3 Å². The van der Waals surface area contributed by atoms with Gasteiger partial charge in [0.15, 0.2) is 6.61 Å². The second kappa shape index (κ2) is 11.0. The highest BCUT2D eigenvalue weighted by Crippen LogP contribution is 2.17. The van der Waals surface area contributed by atoms with Crippen molar-refractivity contribution in [3.8, 4) is 5.75 Å². The SMILES string of the molecule is O=C(COc1ccc(Cl)cc1)NCc1nnc(SCC(=O)NC[C@@H]2CCCO2)o1. The van der Waals surface area contributed by atoms with Crippen molar-refractivity contribution in [2.75, 3.05) is 25.5 Å². The van der Waals surface area contributed by atoms with Gasteiger partial charge < -0.3 is 24.5 Å². The third-order valence-corrected chi connectivity index (χ3v) is 5.02. The lowest BCUT2D eigenvalue weighted by Gasteiger charge is -2.09. The Balaban J connectivity index is 1.31. The van der Waals surface area contributed by atoms with Gasteiger partial charge in [0, 0.05) is 18.2 Å². The lowest BCUT2D eigenvalue weighted by atomic mass is 10.2. The van der Waals surface area contributed by atoms with Crippen LogP contribution in [-0.4, -0.2) is 53.6 Å². The van der Waals surface area contributed by atoms with Crippen LogP contribution in [0, 0.1) is 0 Å². The van der Waals surface area contributed by atoms with E-state index in [9.17, 15) is 9.59 Å². The standard InChI is InChI=1S/C18H21ClN4O5S/c19-12-3-5-13(6-4-12)27-10-15(24)21-9-17-22-23-18(28-17)29-11-16(25)20-8-14-2-1-7-26-14/h3-6,14H,1-2,7-11H2,(H,20,25)(H,21,24)/t14-/m0/s1. The molecule has 2 heterocycles. The van der Waals surface area contributed by atoms with Crippen molar-refractivity contribution in [2.24, 2.45) is 0 Å². The van der Waals surface area contributed by atoms with E-state index in [1.165, 1.54) is 0 Å². The summed E-state index contributed by atoms with van der Waals surface area (Å²) in [5.41, 5.74) is 0. The molecule has 3 rings (SSSR count). The van der Waals surface area contributed by atoms with Gasteiger partial charge in [-0.25, -0.2) is 0 Å². The van der Waals surface area contributed by atoms with Gasteiger partial charge in [-0.3, -0.25) is 9.59 Å². The first kappa shape index (κ1) is 21.4. The molecule has 1 aromatic heterocycles. The topological polar surface area (TPSA) is 116 Å². The van der Waals surface area contributed by atoms with Gasteiger partial charge >= 0.3 is 0 Å². The Kier molecular flexibility index (Phi) is 8.14. The molecule has 2 aromatic rings. The predicted octanol–water partition coefficient (Wildman–Crippen LogP) is 1.81. The first-order chi connectivity index (χ1) is 14.1. The van der Waals surface area contributed by atoms with Crippen LogP contribution >= 0.6 is 23.4 Å². The minimum Gasteiger partial charge on any atom is -0.484 e. The van der Waals surface area contributed by atoms with E-state index >= 15 is 0 Å². The normalized spacial score (nSPS) is 15.8. The predicted molar refractivity (Wildman–Crippen MR) is 106 cm³/mol. The molecule has 1 aromatic carbocycles. The molecule has 2 N–H and O–H groups in total. The molecule has 1 saturated heterocycles. The van der Waals surface area contributed by atoms with Crippen LogP contribution in [0.3, 0.4) is 0 Å². The summed E-state index contributed by atoms with van der Waals surface area (Å²) in [6.45, 7) is 1.19. The number of hydrogen-bond donors (Lipinski definition) is 2. The number of benzene rings is 1. The summed E-state index contributed by atoms with van der Waals surface area (Å²) in [4.78, 5) is 23.7. The van der Waals surface area contributed by atoms with Crippen molar-refractivity contribution in [1.29, 1.82) is 0 Å². The Bertz CT molecular complexity index is 811. The number of aromatic nitrogens is 2. The van der Waals surface area contributed by atoms with E-state index in [1.807, 2.05) is 0 Å². The summed E-state index contributed by atoms with van der Waals surface area (Å²) >= 11 is 6.92. The number of amides is 2. The van der Waals surface area contributed by atoms with E-state index in [0.29, 0.717) is 17.3 Å². The van der Waals surface area contributed by atoms with E-state index in [0.717, 1.165) is 31.2 Å². The molecule has 1 atom stereocenters. The highest BCUT2D eigenvalue weighted by molar-refractivity contribution is 7.99. The summed E-state index contributed by atoms with van der Waals surface area (Å²) < 4.78 is 16.2. The molecule has 156 valence electrons. The molecule has 1 aliphatic rings. The van der Waals surface area contributed by atoms with Gasteiger partial charge in [0.05, 0.1) is 18.4 Å². The zero-order valence-electron chi connectivity index (χ0n) is 15.6. The number of thioether (sulfide) groups is 1. The van der Waals surface area contributed by atoms with Crippen LogP contribution in [0.5, 0.6) is 5.75 Å². The van der Waals surface area contributed by atoms with Crippen LogP contribution < -0.4 is 15.4 Å². The molecule has 0 bridgehead atoms. The van der Waals surface area contributed by atoms with E-state index < -0.39 is 0 Å². The minimum atomic E-state index is -0.333. The number of ether oxygens (including phenoxy) is 2. The van der Waals surface area contributed by atoms with Crippen LogP contribution in [0.15, 0.2) is 33.9 Å². The van der Waals surface area contributed by atoms with Gasteiger partial charge in [-0.15, -0.1) is 10.2 Å². The maximum absolute atomic E-state index is 11.8. The van der Waals surface area contributed by atoms with Crippen LogP contribution in [0.4, 0.5) is 0 Å². The van der Waals surface area contributed by atoms with Crippen molar-refractivity contribution in [3.63, 3.8) is 0 Å². The Labute approximate surface area is 176 Å². The van der Waals surface area contributed by atoms with E-state index in [4.69, 9.17) is 25.5 Å². The van der Waals surface area contributed by atoms with Gasteiger partial charge in [-0.05, 0) is 37.1 Å².